The van der Waals surface area contributed by atoms with Crippen molar-refractivity contribution < 1.29 is 14.3 Å². The molecule has 2 heterocycles. The van der Waals surface area contributed by atoms with Crippen molar-refractivity contribution in [2.45, 2.75) is 13.5 Å². The number of carbonyl (C=O) groups is 1. The second-order valence-corrected chi connectivity index (χ2v) is 6.84. The van der Waals surface area contributed by atoms with Crippen LogP contribution in [-0.4, -0.2) is 63.4 Å². The van der Waals surface area contributed by atoms with Crippen LogP contribution in [0.5, 0.6) is 5.75 Å². The van der Waals surface area contributed by atoms with Crippen LogP contribution in [-0.2, 0) is 16.1 Å². The van der Waals surface area contributed by atoms with Crippen molar-refractivity contribution in [3.8, 4) is 5.75 Å². The predicted octanol–water partition coefficient (Wildman–Crippen LogP) is 1.71. The van der Waals surface area contributed by atoms with Gasteiger partial charge in [-0.2, -0.15) is 0 Å². The molecule has 2 fully saturated rings. The minimum absolute atomic E-state index is 0. The Labute approximate surface area is 174 Å². The van der Waals surface area contributed by atoms with Crippen molar-refractivity contribution >= 4 is 30.7 Å². The number of amides is 1. The Morgan fingerprint density at radius 1 is 1.30 bits per heavy atom. The third-order valence-electron chi connectivity index (χ3n) is 5.13. The number of para-hydroxylation sites is 1. The molecule has 2 aliphatic heterocycles. The number of carbonyl (C=O) groups excluding carboxylic acids is 1. The summed E-state index contributed by atoms with van der Waals surface area (Å²) in [5.74, 6) is 1.49. The molecule has 6 nitrogen and oxygen atoms in total. The number of ether oxygens (including phenoxy) is 2. The predicted molar refractivity (Wildman–Crippen MR) is 111 cm³/mol. The maximum Gasteiger partial charge on any atom is 0.223 e. The summed E-state index contributed by atoms with van der Waals surface area (Å²) in [6, 6.07) is 7.94. The zero-order chi connectivity index (χ0) is 17.5. The summed E-state index contributed by atoms with van der Waals surface area (Å²) in [5, 5.41) is 6.27. The fraction of sp³-hybridized carbons (Fsp3) is 0.632. The summed E-state index contributed by atoms with van der Waals surface area (Å²) in [6.45, 7) is 9.48. The van der Waals surface area contributed by atoms with Gasteiger partial charge in [-0.25, -0.2) is 0 Å². The smallest absolute Gasteiger partial charge is 0.223 e. The average Bonchev–Trinajstić information content (AvgIpc) is 2.60. The van der Waals surface area contributed by atoms with Crippen molar-refractivity contribution in [3.63, 3.8) is 0 Å². The number of benzene rings is 1. The monoisotopic (exact) mass is 419 g/mol. The van der Waals surface area contributed by atoms with Gasteiger partial charge in [-0.1, -0.05) is 25.1 Å². The highest BCUT2D eigenvalue weighted by Gasteiger charge is 2.28. The molecule has 1 aromatic rings. The third kappa shape index (κ3) is 7.12. The van der Waals surface area contributed by atoms with Gasteiger partial charge in [0.2, 0.25) is 5.91 Å². The summed E-state index contributed by atoms with van der Waals surface area (Å²) in [6.07, 6.45) is 0. The summed E-state index contributed by atoms with van der Waals surface area (Å²) in [7, 11) is 0. The molecule has 1 unspecified atom stereocenters. The lowest BCUT2D eigenvalue weighted by atomic mass is 9.88. The Morgan fingerprint density at radius 3 is 2.67 bits per heavy atom. The Balaban J connectivity index is 0.00000182. The van der Waals surface area contributed by atoms with Crippen molar-refractivity contribution in [2.24, 2.45) is 11.8 Å². The molecule has 2 saturated heterocycles. The molecular formula is C19H31Cl2N3O3. The van der Waals surface area contributed by atoms with Crippen LogP contribution in [0.4, 0.5) is 0 Å². The standard InChI is InChI=1S/C19H29N3O3.2ClH/c1-15(17-12-20-13-17)19(23)21-14-16-4-2-3-5-18(16)25-11-8-22-6-9-24-10-7-22;;/h2-5,15,17,20H,6-14H2,1H3,(H,21,23);2*1H. The van der Waals surface area contributed by atoms with E-state index in [1.54, 1.807) is 0 Å². The first-order chi connectivity index (χ1) is 12.2. The molecule has 1 atom stereocenters. The minimum atomic E-state index is 0. The highest BCUT2D eigenvalue weighted by molar-refractivity contribution is 5.85. The van der Waals surface area contributed by atoms with Crippen molar-refractivity contribution in [2.75, 3.05) is 52.5 Å². The van der Waals surface area contributed by atoms with Gasteiger partial charge in [0, 0.05) is 37.7 Å². The molecule has 2 N–H and O–H groups in total. The minimum Gasteiger partial charge on any atom is -0.492 e. The summed E-state index contributed by atoms with van der Waals surface area (Å²) >= 11 is 0. The first kappa shape index (κ1) is 24.0. The first-order valence-corrected chi connectivity index (χ1v) is 9.23. The largest absolute Gasteiger partial charge is 0.492 e. The van der Waals surface area contributed by atoms with Crippen LogP contribution in [0.2, 0.25) is 0 Å². The zero-order valence-electron chi connectivity index (χ0n) is 15.8. The number of nitrogens with one attached hydrogen (secondary N) is 2. The van der Waals surface area contributed by atoms with Gasteiger partial charge in [0.15, 0.2) is 0 Å². The van der Waals surface area contributed by atoms with Gasteiger partial charge in [-0.3, -0.25) is 9.69 Å². The SMILES string of the molecule is CC(C(=O)NCc1ccccc1OCCN1CCOCC1)C1CNC1.Cl.Cl. The maximum atomic E-state index is 12.3. The van der Waals surface area contributed by atoms with Gasteiger partial charge in [0.1, 0.15) is 12.4 Å². The molecule has 3 rings (SSSR count). The van der Waals surface area contributed by atoms with E-state index in [4.69, 9.17) is 9.47 Å². The van der Waals surface area contributed by atoms with Crippen LogP contribution in [0.15, 0.2) is 24.3 Å². The van der Waals surface area contributed by atoms with E-state index in [1.807, 2.05) is 31.2 Å². The number of rotatable bonds is 8. The van der Waals surface area contributed by atoms with E-state index in [1.165, 1.54) is 0 Å². The van der Waals surface area contributed by atoms with Crippen molar-refractivity contribution in [3.05, 3.63) is 29.8 Å². The van der Waals surface area contributed by atoms with E-state index >= 15 is 0 Å². The lowest BCUT2D eigenvalue weighted by Gasteiger charge is -2.31. The fourth-order valence-corrected chi connectivity index (χ4v) is 3.12. The van der Waals surface area contributed by atoms with Gasteiger partial charge < -0.3 is 20.1 Å². The maximum absolute atomic E-state index is 12.3. The molecule has 0 spiro atoms. The van der Waals surface area contributed by atoms with E-state index in [9.17, 15) is 4.79 Å². The topological polar surface area (TPSA) is 62.8 Å². The van der Waals surface area contributed by atoms with Crippen molar-refractivity contribution in [1.29, 1.82) is 0 Å². The highest BCUT2D eigenvalue weighted by Crippen LogP contribution is 2.19. The Kier molecular flexibility index (Phi) is 11.0. The molecule has 0 radical (unpaired) electrons. The second kappa shape index (κ2) is 12.4. The Morgan fingerprint density at radius 2 is 2.00 bits per heavy atom. The highest BCUT2D eigenvalue weighted by atomic mass is 35.5. The lowest BCUT2D eigenvalue weighted by Crippen LogP contribution is -2.49. The van der Waals surface area contributed by atoms with Gasteiger partial charge >= 0.3 is 0 Å². The molecule has 0 bridgehead atoms. The quantitative estimate of drug-likeness (QED) is 0.671. The molecule has 0 aliphatic carbocycles. The van der Waals surface area contributed by atoms with E-state index in [0.29, 0.717) is 19.1 Å². The van der Waals surface area contributed by atoms with Gasteiger partial charge in [-0.15, -0.1) is 24.8 Å². The van der Waals surface area contributed by atoms with E-state index in [-0.39, 0.29) is 36.6 Å². The number of morpholine rings is 1. The second-order valence-electron chi connectivity index (χ2n) is 6.84. The Hall–Kier alpha value is -1.05. The van der Waals surface area contributed by atoms with Gasteiger partial charge in [0.25, 0.3) is 0 Å². The molecule has 1 aromatic carbocycles. The molecule has 0 saturated carbocycles. The molecule has 1 amide bonds. The number of nitrogens with zero attached hydrogens (tertiary/aromatic N) is 1. The summed E-state index contributed by atoms with van der Waals surface area (Å²) < 4.78 is 11.3. The zero-order valence-corrected chi connectivity index (χ0v) is 17.4. The molecular weight excluding hydrogens is 389 g/mol. The molecule has 0 aromatic heterocycles. The third-order valence-corrected chi connectivity index (χ3v) is 5.13. The number of halogens is 2. The molecule has 2 aliphatic rings. The molecule has 27 heavy (non-hydrogen) atoms. The van der Waals surface area contributed by atoms with Crippen LogP contribution in [0.3, 0.4) is 0 Å². The first-order valence-electron chi connectivity index (χ1n) is 9.23. The van der Waals surface area contributed by atoms with E-state index in [2.05, 4.69) is 15.5 Å². The lowest BCUT2D eigenvalue weighted by molar-refractivity contribution is -0.126. The van der Waals surface area contributed by atoms with Crippen LogP contribution in [0, 0.1) is 11.8 Å². The van der Waals surface area contributed by atoms with Gasteiger partial charge in [0.05, 0.1) is 13.2 Å². The van der Waals surface area contributed by atoms with Crippen LogP contribution < -0.4 is 15.4 Å². The molecule has 154 valence electrons. The van der Waals surface area contributed by atoms with Gasteiger partial charge in [-0.05, 0) is 25.1 Å². The van der Waals surface area contributed by atoms with E-state index < -0.39 is 0 Å². The normalized spacial score (nSPS) is 18.4. The van der Waals surface area contributed by atoms with Crippen LogP contribution >= 0.6 is 24.8 Å². The van der Waals surface area contributed by atoms with Crippen molar-refractivity contribution in [1.82, 2.24) is 15.5 Å². The summed E-state index contributed by atoms with van der Waals surface area (Å²) in [5.41, 5.74) is 1.02. The number of hydrogen-bond acceptors (Lipinski definition) is 5. The molecule has 8 heteroatoms. The number of hydrogen-bond donors (Lipinski definition) is 2. The van der Waals surface area contributed by atoms with Crippen LogP contribution in [0.1, 0.15) is 12.5 Å². The fourth-order valence-electron chi connectivity index (χ4n) is 3.12. The average molecular weight is 420 g/mol. The van der Waals surface area contributed by atoms with E-state index in [0.717, 1.165) is 57.3 Å². The summed E-state index contributed by atoms with van der Waals surface area (Å²) in [4.78, 5) is 14.6. The Bertz CT molecular complexity index is 567. The van der Waals surface area contributed by atoms with Crippen LogP contribution in [0.25, 0.3) is 0 Å².